The number of anilines is 1. The number of nitrogen functional groups attached to an aromatic ring is 1. The average Bonchev–Trinajstić information content (AvgIpc) is 2.41. The second kappa shape index (κ2) is 5.87. The number of aromatic amines is 1. The Morgan fingerprint density at radius 1 is 1.35 bits per heavy atom. The van der Waals surface area contributed by atoms with Crippen LogP contribution in [0.15, 0.2) is 35.1 Å². The largest absolute Gasteiger partial charge is 0.486 e. The van der Waals surface area contributed by atoms with Crippen LogP contribution in [0.3, 0.4) is 0 Å². The molecule has 0 unspecified atom stereocenters. The number of carboxylic acids is 1. The number of H-pyrrole nitrogens is 1. The Morgan fingerprint density at radius 2 is 2.05 bits per heavy atom. The topological polar surface area (TPSA) is 118 Å². The van der Waals surface area contributed by atoms with Gasteiger partial charge in [0.1, 0.15) is 24.0 Å². The van der Waals surface area contributed by atoms with Gasteiger partial charge >= 0.3 is 5.97 Å². The number of nitrogens with two attached hydrogens (primary N) is 1. The summed E-state index contributed by atoms with van der Waals surface area (Å²) in [7, 11) is 0. The fraction of sp³-hybridized carbons (Fsp3) is 0.154. The number of nitrogens with zero attached hydrogens (tertiary/aromatic N) is 1. The van der Waals surface area contributed by atoms with Crippen LogP contribution in [0, 0.1) is 0 Å². The molecule has 0 aliphatic heterocycles. The van der Waals surface area contributed by atoms with Gasteiger partial charge in [0, 0.05) is 0 Å². The summed E-state index contributed by atoms with van der Waals surface area (Å²) in [5.41, 5.74) is 4.97. The lowest BCUT2D eigenvalue weighted by Crippen LogP contribution is -2.22. The minimum atomic E-state index is -1.14. The van der Waals surface area contributed by atoms with E-state index in [4.69, 9.17) is 15.6 Å². The molecule has 0 radical (unpaired) electrons. The van der Waals surface area contributed by atoms with Gasteiger partial charge in [-0.1, -0.05) is 18.2 Å². The number of benzene rings is 1. The number of carbonyl (C=O) groups is 1. The van der Waals surface area contributed by atoms with Crippen LogP contribution in [0.25, 0.3) is 0 Å². The van der Waals surface area contributed by atoms with E-state index in [9.17, 15) is 9.59 Å². The maximum Gasteiger partial charge on any atom is 0.308 e. The molecule has 0 bridgehead atoms. The van der Waals surface area contributed by atoms with Gasteiger partial charge in [-0.25, -0.2) is 4.98 Å². The third kappa shape index (κ3) is 3.35. The van der Waals surface area contributed by atoms with Crippen molar-refractivity contribution in [2.45, 2.75) is 13.0 Å². The highest BCUT2D eigenvalue weighted by Crippen LogP contribution is 2.10. The van der Waals surface area contributed by atoms with E-state index < -0.39 is 17.9 Å². The number of hydrogen-bond donors (Lipinski definition) is 3. The molecule has 104 valence electrons. The summed E-state index contributed by atoms with van der Waals surface area (Å²) in [4.78, 5) is 28.7. The van der Waals surface area contributed by atoms with Crippen LogP contribution < -0.4 is 16.0 Å². The maximum absolute atomic E-state index is 11.7. The molecule has 1 heterocycles. The smallest absolute Gasteiger partial charge is 0.308 e. The molecule has 0 aliphatic carbocycles. The van der Waals surface area contributed by atoms with E-state index in [0.717, 1.165) is 0 Å². The van der Waals surface area contributed by atoms with E-state index in [1.165, 1.54) is 0 Å². The Kier molecular flexibility index (Phi) is 3.99. The number of para-hydroxylation sites is 1. The molecule has 1 aromatic heterocycles. The van der Waals surface area contributed by atoms with Gasteiger partial charge in [0.2, 0.25) is 0 Å². The van der Waals surface area contributed by atoms with Crippen molar-refractivity contribution in [3.05, 3.63) is 52.1 Å². The first-order valence-corrected chi connectivity index (χ1v) is 5.83. The quantitative estimate of drug-likeness (QED) is 0.733. The lowest BCUT2D eigenvalue weighted by molar-refractivity contribution is -0.136. The Labute approximate surface area is 114 Å². The number of nitrogens with one attached hydrogen (secondary N) is 1. The number of carboxylic acid groups (broad SMARTS) is 1. The van der Waals surface area contributed by atoms with E-state index >= 15 is 0 Å². The molecule has 2 aromatic rings. The summed E-state index contributed by atoms with van der Waals surface area (Å²) in [5.74, 6) is -0.367. The average molecular weight is 275 g/mol. The van der Waals surface area contributed by atoms with E-state index in [2.05, 4.69) is 9.97 Å². The van der Waals surface area contributed by atoms with E-state index in [1.807, 2.05) is 18.2 Å². The minimum Gasteiger partial charge on any atom is -0.486 e. The summed E-state index contributed by atoms with van der Waals surface area (Å²) < 4.78 is 5.42. The predicted octanol–water partition coefficient (Wildman–Crippen LogP) is 0.558. The first kappa shape index (κ1) is 13.6. The van der Waals surface area contributed by atoms with E-state index in [1.54, 1.807) is 12.1 Å². The molecule has 0 aliphatic rings. The van der Waals surface area contributed by atoms with Crippen molar-refractivity contribution >= 4 is 11.8 Å². The minimum absolute atomic E-state index is 0.0385. The molecule has 1 aromatic carbocycles. The van der Waals surface area contributed by atoms with E-state index in [-0.39, 0.29) is 23.8 Å². The summed E-state index contributed by atoms with van der Waals surface area (Å²) in [5, 5.41) is 8.68. The molecule has 0 fully saturated rings. The standard InChI is InChI=1S/C13H13N3O4/c14-12-9(6-11(17)18)13(19)16-10(15-12)7-20-8-4-2-1-3-5-8/h1-5H,6-7H2,(H,17,18)(H3,14,15,16,19). The normalized spacial score (nSPS) is 10.2. The lowest BCUT2D eigenvalue weighted by Gasteiger charge is -2.07. The van der Waals surface area contributed by atoms with Crippen LogP contribution in [0.5, 0.6) is 5.75 Å². The fourth-order valence-corrected chi connectivity index (χ4v) is 1.62. The van der Waals surface area contributed by atoms with Crippen LogP contribution in [0.4, 0.5) is 5.82 Å². The second-order valence-electron chi connectivity index (χ2n) is 4.05. The van der Waals surface area contributed by atoms with Crippen molar-refractivity contribution in [2.75, 3.05) is 5.73 Å². The zero-order valence-electron chi connectivity index (χ0n) is 10.5. The van der Waals surface area contributed by atoms with Gasteiger partial charge in [-0.3, -0.25) is 9.59 Å². The monoisotopic (exact) mass is 275 g/mol. The van der Waals surface area contributed by atoms with Crippen molar-refractivity contribution < 1.29 is 14.6 Å². The predicted molar refractivity (Wildman–Crippen MR) is 71.4 cm³/mol. The highest BCUT2D eigenvalue weighted by Gasteiger charge is 2.12. The summed E-state index contributed by atoms with van der Waals surface area (Å²) in [6.07, 6.45) is -0.464. The molecular weight excluding hydrogens is 262 g/mol. The van der Waals surface area contributed by atoms with Crippen LogP contribution >= 0.6 is 0 Å². The first-order valence-electron chi connectivity index (χ1n) is 5.83. The highest BCUT2D eigenvalue weighted by atomic mass is 16.5. The molecule has 4 N–H and O–H groups in total. The Balaban J connectivity index is 2.14. The van der Waals surface area contributed by atoms with Crippen LogP contribution in [-0.2, 0) is 17.8 Å². The van der Waals surface area contributed by atoms with Crippen molar-refractivity contribution in [1.29, 1.82) is 0 Å². The van der Waals surface area contributed by atoms with Gasteiger partial charge in [0.25, 0.3) is 5.56 Å². The van der Waals surface area contributed by atoms with Gasteiger partial charge in [-0.05, 0) is 12.1 Å². The van der Waals surface area contributed by atoms with Crippen LogP contribution in [0.2, 0.25) is 0 Å². The van der Waals surface area contributed by atoms with Gasteiger partial charge in [-0.15, -0.1) is 0 Å². The fourth-order valence-electron chi connectivity index (χ4n) is 1.62. The summed E-state index contributed by atoms with van der Waals surface area (Å²) in [6, 6.07) is 9.01. The summed E-state index contributed by atoms with van der Waals surface area (Å²) in [6.45, 7) is 0.0385. The molecule has 0 amide bonds. The molecular formula is C13H13N3O4. The highest BCUT2D eigenvalue weighted by molar-refractivity contribution is 5.71. The Hall–Kier alpha value is -2.83. The molecule has 0 spiro atoms. The number of aliphatic carboxylic acids is 1. The maximum atomic E-state index is 11.7. The van der Waals surface area contributed by atoms with Crippen molar-refractivity contribution in [3.8, 4) is 5.75 Å². The van der Waals surface area contributed by atoms with Crippen LogP contribution in [0.1, 0.15) is 11.4 Å². The molecule has 0 saturated heterocycles. The van der Waals surface area contributed by atoms with E-state index in [0.29, 0.717) is 5.75 Å². The molecule has 7 heteroatoms. The molecule has 2 rings (SSSR count). The zero-order chi connectivity index (χ0) is 14.5. The van der Waals surface area contributed by atoms with Crippen molar-refractivity contribution in [2.24, 2.45) is 0 Å². The Morgan fingerprint density at radius 3 is 2.65 bits per heavy atom. The second-order valence-corrected chi connectivity index (χ2v) is 4.05. The number of aromatic nitrogens is 2. The molecule has 0 saturated carbocycles. The molecule has 0 atom stereocenters. The van der Waals surface area contributed by atoms with Gasteiger partial charge < -0.3 is 20.6 Å². The zero-order valence-corrected chi connectivity index (χ0v) is 10.5. The molecule has 20 heavy (non-hydrogen) atoms. The van der Waals surface area contributed by atoms with Crippen molar-refractivity contribution in [1.82, 2.24) is 9.97 Å². The third-order valence-corrected chi connectivity index (χ3v) is 2.54. The summed E-state index contributed by atoms with van der Waals surface area (Å²) >= 11 is 0. The number of hydrogen-bond acceptors (Lipinski definition) is 5. The van der Waals surface area contributed by atoms with Gasteiger partial charge in [-0.2, -0.15) is 0 Å². The molecule has 7 nitrogen and oxygen atoms in total. The number of rotatable bonds is 5. The van der Waals surface area contributed by atoms with Gasteiger partial charge in [0.05, 0.1) is 12.0 Å². The van der Waals surface area contributed by atoms with Crippen LogP contribution in [-0.4, -0.2) is 21.0 Å². The van der Waals surface area contributed by atoms with Crippen molar-refractivity contribution in [3.63, 3.8) is 0 Å². The lowest BCUT2D eigenvalue weighted by atomic mass is 10.2. The van der Waals surface area contributed by atoms with Gasteiger partial charge in [0.15, 0.2) is 0 Å². The number of ether oxygens (including phenoxy) is 1. The SMILES string of the molecule is Nc1nc(COc2ccccc2)[nH]c(=O)c1CC(=O)O. The first-order chi connectivity index (χ1) is 9.56. The Bertz CT molecular complexity index is 667. The third-order valence-electron chi connectivity index (χ3n) is 2.54.